The maximum Gasteiger partial charge on any atom is 0.308 e. The minimum Gasteiger partial charge on any atom is -0.508 e. The highest BCUT2D eigenvalue weighted by Crippen LogP contribution is 2.54. The van der Waals surface area contributed by atoms with Gasteiger partial charge in [-0.15, -0.1) is 0 Å². The molecule has 3 aromatic rings. The number of carbonyl (C=O) groups is 3. The van der Waals surface area contributed by atoms with E-state index < -0.39 is 22.5 Å². The third-order valence-corrected chi connectivity index (χ3v) is 8.99. The van der Waals surface area contributed by atoms with E-state index in [0.717, 1.165) is 11.3 Å². The number of amides is 3. The number of para-hydroxylation sites is 1. The van der Waals surface area contributed by atoms with Crippen LogP contribution in [0, 0.1) is 5.92 Å². The normalized spacial score (nSPS) is 20.7. The first-order valence-electron chi connectivity index (χ1n) is 10.6. The molecular weight excluding hydrogens is 474 g/mol. The highest BCUT2D eigenvalue weighted by atomic mass is 32.2. The zero-order chi connectivity index (χ0) is 24.2. The molecule has 0 spiro atoms. The van der Waals surface area contributed by atoms with Crippen molar-refractivity contribution in [2.45, 2.75) is 36.1 Å². The van der Waals surface area contributed by atoms with Crippen molar-refractivity contribution in [2.75, 3.05) is 10.2 Å². The molecule has 2 aromatic carbocycles. The topological polar surface area (TPSA) is 109 Å². The lowest BCUT2D eigenvalue weighted by Gasteiger charge is -2.36. The molecule has 1 aromatic heterocycles. The molecule has 0 radical (unpaired) electrons. The summed E-state index contributed by atoms with van der Waals surface area (Å²) in [4.78, 5) is 53.9. The number of hydrogen-bond donors (Lipinski definition) is 2. The predicted octanol–water partition coefficient (Wildman–Crippen LogP) is 3.20. The molecule has 1 saturated heterocycles. The second-order valence-corrected chi connectivity index (χ2v) is 10.9. The molecule has 0 saturated carbocycles. The van der Waals surface area contributed by atoms with Crippen LogP contribution in [0.3, 0.4) is 0 Å². The Balaban J connectivity index is 1.47. The van der Waals surface area contributed by atoms with Crippen LogP contribution in [0.1, 0.15) is 18.7 Å². The number of thioether (sulfide) groups is 1. The van der Waals surface area contributed by atoms with Crippen molar-refractivity contribution in [3.05, 3.63) is 69.1 Å². The minimum absolute atomic E-state index is 0.0784. The van der Waals surface area contributed by atoms with Gasteiger partial charge in [-0.1, -0.05) is 55.1 Å². The van der Waals surface area contributed by atoms with Crippen LogP contribution in [0.25, 0.3) is 0 Å². The second kappa shape index (κ2) is 8.14. The Kier molecular flexibility index (Phi) is 5.37. The van der Waals surface area contributed by atoms with Gasteiger partial charge < -0.3 is 10.4 Å². The third kappa shape index (κ3) is 3.54. The number of rotatable bonds is 4. The number of benzene rings is 2. The highest BCUT2D eigenvalue weighted by Gasteiger charge is 2.59. The van der Waals surface area contributed by atoms with Crippen molar-refractivity contribution in [3.63, 3.8) is 0 Å². The fraction of sp³-hybridized carbons (Fsp3) is 0.250. The van der Waals surface area contributed by atoms with Gasteiger partial charge in [-0.25, -0.2) is 4.90 Å². The molecule has 0 unspecified atom stereocenters. The van der Waals surface area contributed by atoms with E-state index in [1.54, 1.807) is 36.4 Å². The number of phenolic OH excluding ortho intramolecular Hbond substituents is 1. The second-order valence-electron chi connectivity index (χ2n) is 8.77. The van der Waals surface area contributed by atoms with E-state index in [4.69, 9.17) is 0 Å². The summed E-state index contributed by atoms with van der Waals surface area (Å²) in [5.41, 5.74) is 0.254. The summed E-state index contributed by atoms with van der Waals surface area (Å²) < 4.78 is 1.38. The minimum atomic E-state index is -0.760. The van der Waals surface area contributed by atoms with Gasteiger partial charge in [-0.05, 0) is 36.4 Å². The molecule has 2 aliphatic rings. The average molecular weight is 496 g/mol. The van der Waals surface area contributed by atoms with Gasteiger partial charge in [0.05, 0.1) is 16.6 Å². The maximum absolute atomic E-state index is 13.4. The molecule has 34 heavy (non-hydrogen) atoms. The molecule has 174 valence electrons. The number of thiazole rings is 1. The van der Waals surface area contributed by atoms with Gasteiger partial charge in [0, 0.05) is 16.0 Å². The Labute approximate surface area is 203 Å². The van der Waals surface area contributed by atoms with Crippen LogP contribution in [-0.4, -0.2) is 32.6 Å². The van der Waals surface area contributed by atoms with Crippen molar-refractivity contribution >= 4 is 52.2 Å². The number of imide groups is 1. The standard InChI is InChI=1S/C24H21N3O5S2/c1-24(2)17-18(21(31)27(20(17)30)14-6-4-3-5-7-14)33-22-19(24)34-23(32)26(22)12-16(29)25-13-8-10-15(28)11-9-13/h3-11,17-18,28H,12H2,1-2H3,(H,25,29)/t17-,18+/m1/s1. The molecule has 1 fully saturated rings. The highest BCUT2D eigenvalue weighted by molar-refractivity contribution is 8.00. The van der Waals surface area contributed by atoms with Crippen LogP contribution in [0.4, 0.5) is 11.4 Å². The predicted molar refractivity (Wildman–Crippen MR) is 130 cm³/mol. The first-order chi connectivity index (χ1) is 16.2. The van der Waals surface area contributed by atoms with E-state index in [-0.39, 0.29) is 29.0 Å². The largest absolute Gasteiger partial charge is 0.508 e. The molecule has 3 amide bonds. The first kappa shape index (κ1) is 22.4. The van der Waals surface area contributed by atoms with E-state index in [1.807, 2.05) is 19.9 Å². The number of nitrogens with one attached hydrogen (secondary N) is 1. The Bertz CT molecular complexity index is 1360. The molecule has 2 N–H and O–H groups in total. The SMILES string of the molecule is CC1(C)c2sc(=O)n(CC(=O)Nc3ccc(O)cc3)c2S[C@@H]2C(=O)N(c3ccccc3)C(=O)[C@@H]21. The first-order valence-corrected chi connectivity index (χ1v) is 12.3. The molecule has 10 heteroatoms. The molecule has 0 bridgehead atoms. The zero-order valence-corrected chi connectivity index (χ0v) is 20.0. The van der Waals surface area contributed by atoms with Gasteiger partial charge in [0.2, 0.25) is 17.7 Å². The van der Waals surface area contributed by atoms with E-state index in [0.29, 0.717) is 21.3 Å². The van der Waals surface area contributed by atoms with Gasteiger partial charge >= 0.3 is 4.87 Å². The number of carbonyl (C=O) groups excluding carboxylic acids is 3. The van der Waals surface area contributed by atoms with Crippen LogP contribution >= 0.6 is 23.1 Å². The van der Waals surface area contributed by atoms with Crippen molar-refractivity contribution in [1.29, 1.82) is 0 Å². The summed E-state index contributed by atoms with van der Waals surface area (Å²) in [5, 5.41) is 12.0. The number of fused-ring (bicyclic) bond motifs is 2. The number of aromatic nitrogens is 1. The van der Waals surface area contributed by atoms with Gasteiger partial charge in [-0.3, -0.25) is 23.7 Å². The Morgan fingerprint density at radius 1 is 1.03 bits per heavy atom. The number of anilines is 2. The van der Waals surface area contributed by atoms with Gasteiger partial charge in [0.25, 0.3) is 0 Å². The monoisotopic (exact) mass is 495 g/mol. The Hall–Kier alpha value is -3.37. The van der Waals surface area contributed by atoms with Crippen molar-refractivity contribution in [2.24, 2.45) is 5.92 Å². The number of phenols is 1. The van der Waals surface area contributed by atoms with Crippen molar-refractivity contribution < 1.29 is 19.5 Å². The molecule has 8 nitrogen and oxygen atoms in total. The molecule has 5 rings (SSSR count). The number of hydrogen-bond acceptors (Lipinski definition) is 7. The van der Waals surface area contributed by atoms with Crippen LogP contribution in [0.2, 0.25) is 0 Å². The fourth-order valence-corrected chi connectivity index (χ4v) is 7.53. The van der Waals surface area contributed by atoms with E-state index in [9.17, 15) is 24.3 Å². The maximum atomic E-state index is 13.4. The van der Waals surface area contributed by atoms with Gasteiger partial charge in [0.15, 0.2) is 0 Å². The lowest BCUT2D eigenvalue weighted by Crippen LogP contribution is -2.41. The van der Waals surface area contributed by atoms with E-state index in [1.165, 1.54) is 33.4 Å². The summed E-state index contributed by atoms with van der Waals surface area (Å²) in [6.45, 7) is 3.52. The van der Waals surface area contributed by atoms with E-state index >= 15 is 0 Å². The summed E-state index contributed by atoms with van der Waals surface area (Å²) in [6.07, 6.45) is 0. The summed E-state index contributed by atoms with van der Waals surface area (Å²) in [5.74, 6) is -1.54. The van der Waals surface area contributed by atoms with Crippen molar-refractivity contribution in [1.82, 2.24) is 4.57 Å². The Morgan fingerprint density at radius 2 is 1.71 bits per heavy atom. The molecule has 2 atom stereocenters. The Morgan fingerprint density at radius 3 is 2.38 bits per heavy atom. The van der Waals surface area contributed by atoms with Crippen molar-refractivity contribution in [3.8, 4) is 5.75 Å². The third-order valence-electron chi connectivity index (χ3n) is 6.17. The molecule has 0 aliphatic carbocycles. The summed E-state index contributed by atoms with van der Waals surface area (Å²) in [6, 6.07) is 14.8. The lowest BCUT2D eigenvalue weighted by atomic mass is 9.76. The number of nitrogens with zero attached hydrogens (tertiary/aromatic N) is 2. The van der Waals surface area contributed by atoms with Crippen LogP contribution in [0.15, 0.2) is 64.4 Å². The van der Waals surface area contributed by atoms with E-state index in [2.05, 4.69) is 5.32 Å². The van der Waals surface area contributed by atoms with Crippen LogP contribution < -0.4 is 15.1 Å². The quantitative estimate of drug-likeness (QED) is 0.425. The fourth-order valence-electron chi connectivity index (χ4n) is 4.49. The molecular formula is C24H21N3O5S2. The summed E-state index contributed by atoms with van der Waals surface area (Å²) in [7, 11) is 0. The molecule has 2 aliphatic heterocycles. The molecule has 3 heterocycles. The van der Waals surface area contributed by atoms with Crippen LogP contribution in [-0.2, 0) is 26.3 Å². The van der Waals surface area contributed by atoms with Gasteiger partial charge in [-0.2, -0.15) is 0 Å². The van der Waals surface area contributed by atoms with Gasteiger partial charge in [0.1, 0.15) is 17.5 Å². The smallest absolute Gasteiger partial charge is 0.308 e. The van der Waals surface area contributed by atoms with Crippen LogP contribution in [0.5, 0.6) is 5.75 Å². The number of aromatic hydroxyl groups is 1. The zero-order valence-electron chi connectivity index (χ0n) is 18.3. The lowest BCUT2D eigenvalue weighted by molar-refractivity contribution is -0.123. The summed E-state index contributed by atoms with van der Waals surface area (Å²) >= 11 is 2.20. The average Bonchev–Trinajstić information content (AvgIpc) is 3.25.